The number of nitrogens with one attached hydrogen (secondary N) is 1. The fourth-order valence-electron chi connectivity index (χ4n) is 2.39. The first-order valence-electron chi connectivity index (χ1n) is 7.66. The van der Waals surface area contributed by atoms with Gasteiger partial charge in [0.05, 0.1) is 12.1 Å². The van der Waals surface area contributed by atoms with Crippen molar-refractivity contribution in [1.29, 1.82) is 0 Å². The van der Waals surface area contributed by atoms with Crippen molar-refractivity contribution in [2.24, 2.45) is 0 Å². The van der Waals surface area contributed by atoms with Crippen LogP contribution in [0.25, 0.3) is 11.4 Å². The van der Waals surface area contributed by atoms with Crippen molar-refractivity contribution in [1.82, 2.24) is 15.5 Å². The maximum Gasteiger partial charge on any atom is 0.251 e. The van der Waals surface area contributed by atoms with Gasteiger partial charge in [-0.15, -0.1) is 0 Å². The number of nitrogens with zero attached hydrogens (tertiary/aromatic N) is 2. The van der Waals surface area contributed by atoms with Crippen molar-refractivity contribution in [3.05, 3.63) is 71.9 Å². The van der Waals surface area contributed by atoms with E-state index in [9.17, 15) is 14.3 Å². The van der Waals surface area contributed by atoms with E-state index in [0.717, 1.165) is 5.56 Å². The molecule has 6 nitrogen and oxygen atoms in total. The standard InChI is InChI=1S/C18H16FN3O3/c1-11(16(23)12-6-8-15(19)9-7-12)21-18(24)14-4-2-13(3-5-14)17-20-10-25-22-17/h2-11,16,23H,1H3,(H,21,24). The van der Waals surface area contributed by atoms with Gasteiger partial charge < -0.3 is 14.9 Å². The van der Waals surface area contributed by atoms with Crippen molar-refractivity contribution in [3.63, 3.8) is 0 Å². The largest absolute Gasteiger partial charge is 0.386 e. The average molecular weight is 341 g/mol. The van der Waals surface area contributed by atoms with E-state index in [4.69, 9.17) is 0 Å². The molecule has 3 aromatic rings. The second-order valence-electron chi connectivity index (χ2n) is 5.59. The second kappa shape index (κ2) is 7.23. The Labute approximate surface area is 143 Å². The molecule has 0 aliphatic heterocycles. The number of aliphatic hydroxyl groups is 1. The van der Waals surface area contributed by atoms with Gasteiger partial charge in [0, 0.05) is 11.1 Å². The molecule has 0 fully saturated rings. The highest BCUT2D eigenvalue weighted by molar-refractivity contribution is 5.94. The highest BCUT2D eigenvalue weighted by Gasteiger charge is 2.19. The quantitative estimate of drug-likeness (QED) is 0.745. The molecule has 2 aromatic carbocycles. The molecule has 1 heterocycles. The summed E-state index contributed by atoms with van der Waals surface area (Å²) in [6.07, 6.45) is 0.289. The normalized spacial score (nSPS) is 13.2. The summed E-state index contributed by atoms with van der Waals surface area (Å²) < 4.78 is 17.6. The third-order valence-electron chi connectivity index (χ3n) is 3.81. The number of amides is 1. The van der Waals surface area contributed by atoms with Crippen LogP contribution in [0.4, 0.5) is 4.39 Å². The Hall–Kier alpha value is -3.06. The lowest BCUT2D eigenvalue weighted by atomic mass is 10.0. The fourth-order valence-corrected chi connectivity index (χ4v) is 2.39. The molecule has 0 saturated carbocycles. The predicted molar refractivity (Wildman–Crippen MR) is 88.0 cm³/mol. The van der Waals surface area contributed by atoms with Gasteiger partial charge in [0.15, 0.2) is 0 Å². The number of halogens is 1. The van der Waals surface area contributed by atoms with Crippen LogP contribution in [0.5, 0.6) is 0 Å². The molecule has 0 radical (unpaired) electrons. The van der Waals surface area contributed by atoms with Gasteiger partial charge in [-0.05, 0) is 36.8 Å². The zero-order chi connectivity index (χ0) is 17.8. The summed E-state index contributed by atoms with van der Waals surface area (Å²) in [7, 11) is 0. The first-order chi connectivity index (χ1) is 12.0. The molecule has 0 saturated heterocycles. The van der Waals surface area contributed by atoms with Crippen molar-refractivity contribution in [3.8, 4) is 11.4 Å². The minimum atomic E-state index is -0.942. The average Bonchev–Trinajstić information content (AvgIpc) is 3.16. The van der Waals surface area contributed by atoms with Crippen LogP contribution >= 0.6 is 0 Å². The molecule has 2 N–H and O–H groups in total. The van der Waals surface area contributed by atoms with Gasteiger partial charge in [0.1, 0.15) is 5.82 Å². The minimum Gasteiger partial charge on any atom is -0.386 e. The van der Waals surface area contributed by atoms with E-state index in [0.29, 0.717) is 17.0 Å². The molecule has 1 aromatic heterocycles. The molecule has 3 rings (SSSR count). The van der Waals surface area contributed by atoms with Gasteiger partial charge in [-0.2, -0.15) is 4.98 Å². The molecule has 0 spiro atoms. The van der Waals surface area contributed by atoms with Crippen LogP contribution in [0.3, 0.4) is 0 Å². The molecular weight excluding hydrogens is 325 g/mol. The van der Waals surface area contributed by atoms with Gasteiger partial charge in [-0.1, -0.05) is 29.4 Å². The molecule has 7 heteroatoms. The number of benzene rings is 2. The van der Waals surface area contributed by atoms with E-state index >= 15 is 0 Å². The highest BCUT2D eigenvalue weighted by Crippen LogP contribution is 2.18. The summed E-state index contributed by atoms with van der Waals surface area (Å²) in [5.74, 6) is -0.269. The number of hydrogen-bond donors (Lipinski definition) is 2. The second-order valence-corrected chi connectivity index (χ2v) is 5.59. The summed E-state index contributed by atoms with van der Waals surface area (Å²) in [4.78, 5) is 16.2. The summed E-state index contributed by atoms with van der Waals surface area (Å²) in [6, 6.07) is 11.7. The summed E-state index contributed by atoms with van der Waals surface area (Å²) in [5, 5.41) is 16.7. The molecule has 128 valence electrons. The van der Waals surface area contributed by atoms with Crippen LogP contribution in [-0.4, -0.2) is 27.2 Å². The Morgan fingerprint density at radius 1 is 1.16 bits per heavy atom. The third-order valence-corrected chi connectivity index (χ3v) is 3.81. The number of hydrogen-bond acceptors (Lipinski definition) is 5. The molecule has 25 heavy (non-hydrogen) atoms. The Balaban J connectivity index is 1.65. The monoisotopic (exact) mass is 341 g/mol. The Morgan fingerprint density at radius 3 is 2.44 bits per heavy atom. The highest BCUT2D eigenvalue weighted by atomic mass is 19.1. The van der Waals surface area contributed by atoms with Crippen LogP contribution in [0.1, 0.15) is 28.9 Å². The van der Waals surface area contributed by atoms with Gasteiger partial charge in [0.25, 0.3) is 5.91 Å². The lowest BCUT2D eigenvalue weighted by Crippen LogP contribution is -2.37. The topological polar surface area (TPSA) is 88.3 Å². The van der Waals surface area contributed by atoms with E-state index in [2.05, 4.69) is 20.0 Å². The van der Waals surface area contributed by atoms with Crippen LogP contribution in [-0.2, 0) is 0 Å². The fraction of sp³-hybridized carbons (Fsp3) is 0.167. The number of rotatable bonds is 5. The Morgan fingerprint density at radius 2 is 1.84 bits per heavy atom. The zero-order valence-corrected chi connectivity index (χ0v) is 13.4. The van der Waals surface area contributed by atoms with Crippen molar-refractivity contribution in [2.45, 2.75) is 19.1 Å². The van der Waals surface area contributed by atoms with Crippen LogP contribution in [0.2, 0.25) is 0 Å². The van der Waals surface area contributed by atoms with Gasteiger partial charge in [-0.25, -0.2) is 4.39 Å². The molecule has 1 amide bonds. The van der Waals surface area contributed by atoms with Crippen LogP contribution < -0.4 is 5.32 Å². The SMILES string of the molecule is CC(NC(=O)c1ccc(-c2ncon2)cc1)C(O)c1ccc(F)cc1. The molecule has 0 bridgehead atoms. The van der Waals surface area contributed by atoms with E-state index in [1.807, 2.05) is 0 Å². The van der Waals surface area contributed by atoms with E-state index < -0.39 is 12.1 Å². The van der Waals surface area contributed by atoms with Crippen molar-refractivity contribution < 1.29 is 18.8 Å². The van der Waals surface area contributed by atoms with E-state index in [1.165, 1.54) is 30.7 Å². The lowest BCUT2D eigenvalue weighted by molar-refractivity contribution is 0.0852. The molecule has 2 atom stereocenters. The van der Waals surface area contributed by atoms with Crippen molar-refractivity contribution >= 4 is 5.91 Å². The first-order valence-corrected chi connectivity index (χ1v) is 7.66. The predicted octanol–water partition coefficient (Wildman–Crippen LogP) is 2.73. The maximum absolute atomic E-state index is 13.0. The van der Waals surface area contributed by atoms with Gasteiger partial charge in [0.2, 0.25) is 12.2 Å². The van der Waals surface area contributed by atoms with E-state index in [-0.39, 0.29) is 11.7 Å². The van der Waals surface area contributed by atoms with Crippen LogP contribution in [0.15, 0.2) is 59.4 Å². The maximum atomic E-state index is 13.0. The van der Waals surface area contributed by atoms with Gasteiger partial charge in [-0.3, -0.25) is 4.79 Å². The summed E-state index contributed by atoms with van der Waals surface area (Å²) >= 11 is 0. The third kappa shape index (κ3) is 3.89. The minimum absolute atomic E-state index is 0.326. The summed E-state index contributed by atoms with van der Waals surface area (Å²) in [5.41, 5.74) is 1.69. The van der Waals surface area contributed by atoms with Crippen molar-refractivity contribution in [2.75, 3.05) is 0 Å². The lowest BCUT2D eigenvalue weighted by Gasteiger charge is -2.20. The number of carbonyl (C=O) groups is 1. The van der Waals surface area contributed by atoms with Crippen LogP contribution in [0, 0.1) is 5.82 Å². The molecule has 0 aliphatic carbocycles. The Bertz CT molecular complexity index is 833. The molecule has 0 aliphatic rings. The smallest absolute Gasteiger partial charge is 0.251 e. The zero-order valence-electron chi connectivity index (χ0n) is 13.4. The molecule has 2 unspecified atom stereocenters. The molecular formula is C18H16FN3O3. The van der Waals surface area contributed by atoms with E-state index in [1.54, 1.807) is 31.2 Å². The number of aliphatic hydroxyl groups excluding tert-OH is 1. The summed E-state index contributed by atoms with van der Waals surface area (Å²) in [6.45, 7) is 1.68. The van der Waals surface area contributed by atoms with Gasteiger partial charge >= 0.3 is 0 Å². The number of carbonyl (C=O) groups excluding carboxylic acids is 1. The Kier molecular flexibility index (Phi) is 4.85. The first kappa shape index (κ1) is 16.8. The number of aromatic nitrogens is 2.